The van der Waals surface area contributed by atoms with Crippen LogP contribution in [0.1, 0.15) is 0 Å². The minimum atomic E-state index is -2.70. The molecule has 0 saturated carbocycles. The monoisotopic (exact) mass is 292 g/mol. The van der Waals surface area contributed by atoms with Crippen LogP contribution in [-0.2, 0) is 9.73 Å². The molecule has 0 spiro atoms. The number of rotatable bonds is 1. The lowest BCUT2D eigenvalue weighted by Crippen LogP contribution is -1.97. The third-order valence-corrected chi connectivity index (χ3v) is 4.04. The van der Waals surface area contributed by atoms with E-state index in [4.69, 9.17) is 16.9 Å². The molecule has 0 fully saturated rings. The SMILES string of the molecule is CS(=O)(=NC#N)c1ccc(Br)cc1Cl. The fraction of sp³-hybridized carbons (Fsp3) is 0.125. The molecule has 0 saturated heterocycles. The Bertz CT molecular complexity index is 515. The normalized spacial score (nSPS) is 14.1. The number of nitrogens with zero attached hydrogens (tertiary/aromatic N) is 2. The molecule has 0 aliphatic rings. The van der Waals surface area contributed by atoms with Crippen molar-refractivity contribution in [1.82, 2.24) is 0 Å². The highest BCUT2D eigenvalue weighted by Crippen LogP contribution is 2.25. The zero-order chi connectivity index (χ0) is 10.8. The van der Waals surface area contributed by atoms with E-state index in [1.165, 1.54) is 12.4 Å². The second kappa shape index (κ2) is 4.30. The van der Waals surface area contributed by atoms with Gasteiger partial charge in [-0.3, -0.25) is 0 Å². The lowest BCUT2D eigenvalue weighted by atomic mass is 10.4. The molecule has 1 aromatic rings. The first-order valence-corrected chi connectivity index (χ1v) is 6.62. The average Bonchev–Trinajstić information content (AvgIpc) is 2.02. The summed E-state index contributed by atoms with van der Waals surface area (Å²) in [5.41, 5.74) is 0. The third kappa shape index (κ3) is 2.47. The third-order valence-electron chi connectivity index (χ3n) is 1.52. The van der Waals surface area contributed by atoms with Crippen molar-refractivity contribution in [3.63, 3.8) is 0 Å². The van der Waals surface area contributed by atoms with E-state index in [0.717, 1.165) is 4.47 Å². The van der Waals surface area contributed by atoms with Gasteiger partial charge in [0.15, 0.2) is 0 Å². The van der Waals surface area contributed by atoms with Crippen molar-refractivity contribution in [3.8, 4) is 6.19 Å². The Kier molecular flexibility index (Phi) is 3.53. The molecule has 0 amide bonds. The number of hydrogen-bond donors (Lipinski definition) is 0. The fourth-order valence-corrected chi connectivity index (χ4v) is 3.01. The Balaban J connectivity index is 3.44. The van der Waals surface area contributed by atoms with E-state index >= 15 is 0 Å². The summed E-state index contributed by atoms with van der Waals surface area (Å²) in [4.78, 5) is 0.379. The van der Waals surface area contributed by atoms with Crippen molar-refractivity contribution < 1.29 is 4.21 Å². The number of hydrogen-bond acceptors (Lipinski definition) is 3. The van der Waals surface area contributed by atoms with E-state index in [2.05, 4.69) is 20.3 Å². The van der Waals surface area contributed by atoms with Gasteiger partial charge in [0, 0.05) is 10.7 Å². The van der Waals surface area contributed by atoms with Gasteiger partial charge >= 0.3 is 0 Å². The van der Waals surface area contributed by atoms with E-state index in [9.17, 15) is 4.21 Å². The minimum absolute atomic E-state index is 0.339. The van der Waals surface area contributed by atoms with Gasteiger partial charge in [-0.1, -0.05) is 27.5 Å². The topological polar surface area (TPSA) is 53.2 Å². The molecule has 1 rings (SSSR count). The molecule has 0 N–H and O–H groups in total. The summed E-state index contributed by atoms with van der Waals surface area (Å²) in [6, 6.07) is 4.92. The zero-order valence-corrected chi connectivity index (χ0v) is 10.4. The molecular formula is C8H6BrClN2OS. The van der Waals surface area contributed by atoms with Crippen LogP contribution in [-0.4, -0.2) is 10.5 Å². The van der Waals surface area contributed by atoms with Gasteiger partial charge in [0.1, 0.15) is 0 Å². The molecule has 0 bridgehead atoms. The highest BCUT2D eigenvalue weighted by molar-refractivity contribution is 9.10. The van der Waals surface area contributed by atoms with Gasteiger partial charge in [-0.15, -0.1) is 4.36 Å². The van der Waals surface area contributed by atoms with Crippen molar-refractivity contribution in [2.24, 2.45) is 4.36 Å². The average molecular weight is 294 g/mol. The van der Waals surface area contributed by atoms with E-state index in [0.29, 0.717) is 9.92 Å². The van der Waals surface area contributed by atoms with Gasteiger partial charge < -0.3 is 0 Å². The van der Waals surface area contributed by atoms with Gasteiger partial charge in [-0.05, 0) is 18.2 Å². The minimum Gasteiger partial charge on any atom is -0.244 e. The molecule has 0 aliphatic carbocycles. The Morgan fingerprint density at radius 3 is 2.79 bits per heavy atom. The first kappa shape index (κ1) is 11.5. The first-order valence-electron chi connectivity index (χ1n) is 3.52. The Morgan fingerprint density at radius 2 is 2.29 bits per heavy atom. The molecule has 0 heterocycles. The first-order chi connectivity index (χ1) is 6.47. The maximum absolute atomic E-state index is 11.8. The summed E-state index contributed by atoms with van der Waals surface area (Å²) in [7, 11) is -2.70. The fourth-order valence-electron chi connectivity index (χ4n) is 0.909. The molecular weight excluding hydrogens is 288 g/mol. The van der Waals surface area contributed by atoms with Crippen LogP contribution >= 0.6 is 27.5 Å². The predicted octanol–water partition coefficient (Wildman–Crippen LogP) is 3.04. The van der Waals surface area contributed by atoms with Gasteiger partial charge in [0.25, 0.3) is 0 Å². The quantitative estimate of drug-likeness (QED) is 0.747. The van der Waals surface area contributed by atoms with E-state index < -0.39 is 9.73 Å². The lowest BCUT2D eigenvalue weighted by molar-refractivity contribution is 0.681. The van der Waals surface area contributed by atoms with Crippen LogP contribution in [0.3, 0.4) is 0 Å². The number of halogens is 2. The van der Waals surface area contributed by atoms with Gasteiger partial charge in [0.2, 0.25) is 6.19 Å². The standard InChI is InChI=1S/C8H6BrClN2OS/c1-14(13,12-5-11)8-3-2-6(9)4-7(8)10/h2-4H,1H3. The van der Waals surface area contributed by atoms with Crippen LogP contribution in [0.15, 0.2) is 31.9 Å². The summed E-state index contributed by atoms with van der Waals surface area (Å²) >= 11 is 9.10. The number of nitriles is 1. The Hall–Kier alpha value is -0.570. The van der Waals surface area contributed by atoms with E-state index in [-0.39, 0.29) is 0 Å². The smallest absolute Gasteiger partial charge is 0.214 e. The molecule has 74 valence electrons. The number of benzene rings is 1. The molecule has 1 aromatic carbocycles. The van der Waals surface area contributed by atoms with Crippen molar-refractivity contribution >= 4 is 37.3 Å². The van der Waals surface area contributed by atoms with E-state index in [1.807, 2.05) is 0 Å². The summed E-state index contributed by atoms with van der Waals surface area (Å²) in [6.07, 6.45) is 2.91. The molecule has 0 radical (unpaired) electrons. The van der Waals surface area contributed by atoms with Crippen molar-refractivity contribution in [3.05, 3.63) is 27.7 Å². The predicted molar refractivity (Wildman–Crippen MR) is 59.5 cm³/mol. The highest BCUT2D eigenvalue weighted by atomic mass is 79.9. The lowest BCUT2D eigenvalue weighted by Gasteiger charge is -2.04. The molecule has 14 heavy (non-hydrogen) atoms. The van der Waals surface area contributed by atoms with Gasteiger partial charge in [-0.25, -0.2) is 4.21 Å². The largest absolute Gasteiger partial charge is 0.244 e. The van der Waals surface area contributed by atoms with Crippen LogP contribution in [0.25, 0.3) is 0 Å². The van der Waals surface area contributed by atoms with Crippen LogP contribution in [0.4, 0.5) is 0 Å². The molecule has 3 nitrogen and oxygen atoms in total. The van der Waals surface area contributed by atoms with Crippen LogP contribution in [0.5, 0.6) is 0 Å². The van der Waals surface area contributed by atoms with Gasteiger partial charge in [0.05, 0.1) is 19.6 Å². The molecule has 6 heteroatoms. The second-order valence-corrected chi connectivity index (χ2v) is 6.12. The summed E-state index contributed by atoms with van der Waals surface area (Å²) in [5, 5.41) is 8.70. The molecule has 0 aliphatic heterocycles. The molecule has 0 aromatic heterocycles. The van der Waals surface area contributed by atoms with Crippen molar-refractivity contribution in [2.75, 3.05) is 6.26 Å². The summed E-state index contributed by atoms with van der Waals surface area (Å²) in [6.45, 7) is 0. The van der Waals surface area contributed by atoms with Crippen LogP contribution in [0.2, 0.25) is 5.02 Å². The second-order valence-electron chi connectivity index (χ2n) is 2.57. The van der Waals surface area contributed by atoms with Gasteiger partial charge in [-0.2, -0.15) is 5.26 Å². The maximum Gasteiger partial charge on any atom is 0.214 e. The van der Waals surface area contributed by atoms with Crippen LogP contribution in [0, 0.1) is 11.5 Å². The van der Waals surface area contributed by atoms with Crippen molar-refractivity contribution in [1.29, 1.82) is 5.26 Å². The Labute approximate surface area is 96.0 Å². The summed E-state index contributed by atoms with van der Waals surface area (Å²) < 4.78 is 16.0. The Morgan fingerprint density at radius 1 is 1.64 bits per heavy atom. The molecule has 1 unspecified atom stereocenters. The van der Waals surface area contributed by atoms with E-state index in [1.54, 1.807) is 18.2 Å². The van der Waals surface area contributed by atoms with Crippen LogP contribution < -0.4 is 0 Å². The highest BCUT2D eigenvalue weighted by Gasteiger charge is 2.10. The maximum atomic E-state index is 11.8. The molecule has 1 atom stereocenters. The van der Waals surface area contributed by atoms with Crippen molar-refractivity contribution in [2.45, 2.75) is 4.90 Å². The zero-order valence-electron chi connectivity index (χ0n) is 7.20. The summed E-state index contributed by atoms with van der Waals surface area (Å²) in [5.74, 6) is 0.